The molecule has 1 saturated carbocycles. The highest BCUT2D eigenvalue weighted by atomic mass is 16.6. The Labute approximate surface area is 192 Å². The number of hydrogen-bond acceptors (Lipinski definition) is 7. The van der Waals surface area contributed by atoms with Crippen molar-refractivity contribution in [1.82, 2.24) is 30.5 Å². The van der Waals surface area contributed by atoms with Crippen LogP contribution in [0.2, 0.25) is 0 Å². The summed E-state index contributed by atoms with van der Waals surface area (Å²) in [7, 11) is 1.62. The standard InChI is InChI=1S/C24H28N6O3/c1-16-10-19(12-21(26-16)23(31)25-13-18-4-3-5-20(11-18)32-2)22-27-29-30(28-22)14-17-6-8-24(9-7-17)15-33-24/h3-5,10-12,17H,6-9,13-15H2,1-2H3,(H,25,31). The number of aryl methyl sites for hydroxylation is 1. The van der Waals surface area contributed by atoms with Gasteiger partial charge in [-0.15, -0.1) is 10.2 Å². The first-order valence-corrected chi connectivity index (χ1v) is 11.3. The number of epoxide rings is 1. The van der Waals surface area contributed by atoms with Crippen LogP contribution in [0.3, 0.4) is 0 Å². The molecule has 1 aliphatic carbocycles. The molecule has 9 heteroatoms. The molecular weight excluding hydrogens is 420 g/mol. The lowest BCUT2D eigenvalue weighted by Crippen LogP contribution is -2.25. The van der Waals surface area contributed by atoms with Crippen LogP contribution in [-0.4, -0.2) is 50.4 Å². The van der Waals surface area contributed by atoms with Gasteiger partial charge in [-0.3, -0.25) is 4.79 Å². The third kappa shape index (κ3) is 5.03. The fraction of sp³-hybridized carbons (Fsp3) is 0.458. The lowest BCUT2D eigenvalue weighted by Gasteiger charge is -2.25. The molecule has 0 atom stereocenters. The van der Waals surface area contributed by atoms with E-state index in [1.807, 2.05) is 37.3 Å². The van der Waals surface area contributed by atoms with Crippen molar-refractivity contribution in [2.75, 3.05) is 13.7 Å². The number of aromatic nitrogens is 5. The molecule has 5 rings (SSSR count). The van der Waals surface area contributed by atoms with Crippen LogP contribution in [0.25, 0.3) is 11.4 Å². The summed E-state index contributed by atoms with van der Waals surface area (Å²) in [6.07, 6.45) is 4.50. The Kier molecular flexibility index (Phi) is 5.80. The van der Waals surface area contributed by atoms with Crippen LogP contribution in [0.15, 0.2) is 36.4 Å². The number of nitrogens with zero attached hydrogens (tertiary/aromatic N) is 5. The molecule has 3 heterocycles. The maximum Gasteiger partial charge on any atom is 0.270 e. The van der Waals surface area contributed by atoms with E-state index in [4.69, 9.17) is 9.47 Å². The maximum atomic E-state index is 12.8. The van der Waals surface area contributed by atoms with Gasteiger partial charge in [0, 0.05) is 17.8 Å². The van der Waals surface area contributed by atoms with Crippen LogP contribution in [-0.2, 0) is 17.8 Å². The maximum absolute atomic E-state index is 12.8. The monoisotopic (exact) mass is 448 g/mol. The van der Waals surface area contributed by atoms with Crippen LogP contribution >= 0.6 is 0 Å². The Morgan fingerprint density at radius 3 is 2.85 bits per heavy atom. The fourth-order valence-electron chi connectivity index (χ4n) is 4.41. The molecule has 1 aromatic carbocycles. The number of amides is 1. The van der Waals surface area contributed by atoms with Crippen molar-refractivity contribution in [3.63, 3.8) is 0 Å². The number of pyridine rings is 1. The summed E-state index contributed by atoms with van der Waals surface area (Å²) in [5.41, 5.74) is 2.91. The summed E-state index contributed by atoms with van der Waals surface area (Å²) in [5.74, 6) is 1.54. The number of carbonyl (C=O) groups is 1. The number of tetrazole rings is 1. The molecule has 1 N–H and O–H groups in total. The number of carbonyl (C=O) groups excluding carboxylic acids is 1. The number of nitrogens with one attached hydrogen (secondary N) is 1. The largest absolute Gasteiger partial charge is 0.497 e. The van der Waals surface area contributed by atoms with Gasteiger partial charge in [-0.1, -0.05) is 12.1 Å². The normalized spacial score (nSPS) is 21.7. The second-order valence-electron chi connectivity index (χ2n) is 9.00. The molecule has 1 aliphatic heterocycles. The molecule has 0 unspecified atom stereocenters. The summed E-state index contributed by atoms with van der Waals surface area (Å²) < 4.78 is 10.8. The first-order valence-electron chi connectivity index (χ1n) is 11.3. The van der Waals surface area contributed by atoms with E-state index >= 15 is 0 Å². The van der Waals surface area contributed by atoms with Gasteiger partial charge in [0.1, 0.15) is 11.4 Å². The van der Waals surface area contributed by atoms with Crippen molar-refractivity contribution < 1.29 is 14.3 Å². The predicted octanol–water partition coefficient (Wildman–Crippen LogP) is 2.94. The molecular formula is C24H28N6O3. The molecule has 1 saturated heterocycles. The van der Waals surface area contributed by atoms with Gasteiger partial charge in [-0.25, -0.2) is 4.98 Å². The average Bonchev–Trinajstić information content (AvgIpc) is 3.42. The van der Waals surface area contributed by atoms with E-state index in [1.165, 1.54) is 0 Å². The Morgan fingerprint density at radius 2 is 2.09 bits per heavy atom. The molecule has 2 aromatic heterocycles. The Balaban J connectivity index is 1.24. The quantitative estimate of drug-likeness (QED) is 0.554. The second-order valence-corrected chi connectivity index (χ2v) is 9.00. The first kappa shape index (κ1) is 21.5. The molecule has 0 radical (unpaired) electrons. The highest BCUT2D eigenvalue weighted by Crippen LogP contribution is 2.43. The number of hydrogen-bond donors (Lipinski definition) is 1. The van der Waals surface area contributed by atoms with Crippen molar-refractivity contribution in [2.45, 2.75) is 51.3 Å². The van der Waals surface area contributed by atoms with E-state index in [-0.39, 0.29) is 11.5 Å². The second kappa shape index (κ2) is 8.90. The van der Waals surface area contributed by atoms with Gasteiger partial charge in [0.05, 0.1) is 25.9 Å². The predicted molar refractivity (Wildman–Crippen MR) is 121 cm³/mol. The van der Waals surface area contributed by atoms with E-state index in [0.29, 0.717) is 24.0 Å². The minimum atomic E-state index is -0.256. The van der Waals surface area contributed by atoms with Crippen molar-refractivity contribution >= 4 is 5.91 Å². The highest BCUT2D eigenvalue weighted by molar-refractivity contribution is 5.93. The number of methoxy groups -OCH3 is 1. The van der Waals surface area contributed by atoms with E-state index in [1.54, 1.807) is 18.0 Å². The van der Waals surface area contributed by atoms with E-state index < -0.39 is 0 Å². The minimum Gasteiger partial charge on any atom is -0.497 e. The van der Waals surface area contributed by atoms with Gasteiger partial charge in [-0.05, 0) is 73.6 Å². The van der Waals surface area contributed by atoms with Crippen molar-refractivity contribution in [3.05, 3.63) is 53.3 Å². The minimum absolute atomic E-state index is 0.190. The zero-order chi connectivity index (χ0) is 22.8. The highest BCUT2D eigenvalue weighted by Gasteiger charge is 2.46. The lowest BCUT2D eigenvalue weighted by atomic mass is 9.82. The van der Waals surface area contributed by atoms with E-state index in [0.717, 1.165) is 61.4 Å². The molecule has 2 aliphatic rings. The molecule has 172 valence electrons. The molecule has 2 fully saturated rings. The van der Waals surface area contributed by atoms with Crippen LogP contribution in [0.5, 0.6) is 5.75 Å². The molecule has 9 nitrogen and oxygen atoms in total. The van der Waals surface area contributed by atoms with E-state index in [9.17, 15) is 4.79 Å². The molecule has 1 spiro atoms. The molecule has 33 heavy (non-hydrogen) atoms. The SMILES string of the molecule is COc1cccc(CNC(=O)c2cc(-c3nnn(CC4CCC5(CC4)CO5)n3)cc(C)n2)c1. The molecule has 3 aromatic rings. The summed E-state index contributed by atoms with van der Waals surface area (Å²) in [4.78, 5) is 18.8. The lowest BCUT2D eigenvalue weighted by molar-refractivity contribution is 0.0945. The zero-order valence-electron chi connectivity index (χ0n) is 19.0. The van der Waals surface area contributed by atoms with Crippen LogP contribution in [0.1, 0.15) is 47.4 Å². The summed E-state index contributed by atoms with van der Waals surface area (Å²) in [5, 5.41) is 16.0. The van der Waals surface area contributed by atoms with Gasteiger partial charge in [0.15, 0.2) is 0 Å². The third-order valence-electron chi connectivity index (χ3n) is 6.47. The van der Waals surface area contributed by atoms with Gasteiger partial charge < -0.3 is 14.8 Å². The molecule has 1 amide bonds. The van der Waals surface area contributed by atoms with Crippen molar-refractivity contribution in [3.8, 4) is 17.1 Å². The number of rotatable bonds is 7. The van der Waals surface area contributed by atoms with Crippen LogP contribution in [0.4, 0.5) is 0 Å². The molecule has 0 bridgehead atoms. The smallest absolute Gasteiger partial charge is 0.270 e. The topological polar surface area (TPSA) is 107 Å². The Hall–Kier alpha value is -3.33. The fourth-order valence-corrected chi connectivity index (χ4v) is 4.41. The van der Waals surface area contributed by atoms with Crippen LogP contribution in [0, 0.1) is 12.8 Å². The van der Waals surface area contributed by atoms with Crippen molar-refractivity contribution in [1.29, 1.82) is 0 Å². The average molecular weight is 449 g/mol. The summed E-state index contributed by atoms with van der Waals surface area (Å²) >= 11 is 0. The number of ether oxygens (including phenoxy) is 2. The van der Waals surface area contributed by atoms with E-state index in [2.05, 4.69) is 25.7 Å². The number of benzene rings is 1. The van der Waals surface area contributed by atoms with Crippen molar-refractivity contribution in [2.24, 2.45) is 5.92 Å². The van der Waals surface area contributed by atoms with Gasteiger partial charge >= 0.3 is 0 Å². The van der Waals surface area contributed by atoms with Gasteiger partial charge in [-0.2, -0.15) is 4.80 Å². The third-order valence-corrected chi connectivity index (χ3v) is 6.47. The Bertz CT molecular complexity index is 1150. The summed E-state index contributed by atoms with van der Waals surface area (Å²) in [6.45, 7) is 3.90. The first-order chi connectivity index (χ1) is 16.0. The van der Waals surface area contributed by atoms with Gasteiger partial charge in [0.25, 0.3) is 5.91 Å². The Morgan fingerprint density at radius 1 is 1.27 bits per heavy atom. The summed E-state index contributed by atoms with van der Waals surface area (Å²) in [6, 6.07) is 11.2. The van der Waals surface area contributed by atoms with Gasteiger partial charge in [0.2, 0.25) is 5.82 Å². The zero-order valence-corrected chi connectivity index (χ0v) is 19.0. The van der Waals surface area contributed by atoms with Crippen LogP contribution < -0.4 is 10.1 Å².